The number of halogens is 4. The van der Waals surface area contributed by atoms with Crippen LogP contribution in [0.1, 0.15) is 17.2 Å². The minimum Gasteiger partial charge on any atom is -0.309 e. The van der Waals surface area contributed by atoms with Crippen LogP contribution in [0.3, 0.4) is 0 Å². The van der Waals surface area contributed by atoms with Crippen LogP contribution < -0.4 is 5.32 Å². The third-order valence-corrected chi connectivity index (χ3v) is 5.08. The van der Waals surface area contributed by atoms with E-state index in [2.05, 4.69) is 56.0 Å². The molecule has 0 aliphatic rings. The zero-order valence-electron chi connectivity index (χ0n) is 10.1. The van der Waals surface area contributed by atoms with Gasteiger partial charge in [-0.1, -0.05) is 51.3 Å². The van der Waals surface area contributed by atoms with Crippen LogP contribution in [0.5, 0.6) is 0 Å². The highest BCUT2D eigenvalue weighted by molar-refractivity contribution is 14.1. The molecule has 0 radical (unpaired) electrons. The summed E-state index contributed by atoms with van der Waals surface area (Å²) >= 11 is 18.3. The molecule has 1 N–H and O–H groups in total. The highest BCUT2D eigenvalue weighted by Gasteiger charge is 2.19. The molecule has 0 fully saturated rings. The Bertz CT molecular complexity index is 602. The van der Waals surface area contributed by atoms with Gasteiger partial charge in [0.05, 0.1) is 16.1 Å². The van der Waals surface area contributed by atoms with Crippen LogP contribution in [0.25, 0.3) is 0 Å². The van der Waals surface area contributed by atoms with Gasteiger partial charge >= 0.3 is 0 Å². The zero-order valence-corrected chi connectivity index (χ0v) is 15.3. The number of nitrogens with one attached hydrogen (secondary N) is 1. The molecule has 0 heterocycles. The second-order valence-corrected chi connectivity index (χ2v) is 6.92. The van der Waals surface area contributed by atoms with Crippen molar-refractivity contribution < 1.29 is 0 Å². The van der Waals surface area contributed by atoms with Gasteiger partial charge in [0.25, 0.3) is 0 Å². The van der Waals surface area contributed by atoms with Crippen LogP contribution >= 0.6 is 61.7 Å². The molecule has 0 bridgehead atoms. The number of hydrogen-bond donors (Lipinski definition) is 1. The molecule has 2 aromatic carbocycles. The van der Waals surface area contributed by atoms with Crippen molar-refractivity contribution in [3.63, 3.8) is 0 Å². The van der Waals surface area contributed by atoms with Crippen LogP contribution in [-0.4, -0.2) is 7.05 Å². The quantitative estimate of drug-likeness (QED) is 0.570. The smallest absolute Gasteiger partial charge is 0.0643 e. The summed E-state index contributed by atoms with van der Waals surface area (Å²) in [6, 6.07) is 11.9. The Balaban J connectivity index is 2.56. The lowest BCUT2D eigenvalue weighted by Gasteiger charge is -2.20. The molecule has 0 aliphatic heterocycles. The van der Waals surface area contributed by atoms with Crippen molar-refractivity contribution in [2.75, 3.05) is 7.05 Å². The van der Waals surface area contributed by atoms with E-state index in [0.717, 1.165) is 15.6 Å². The van der Waals surface area contributed by atoms with E-state index in [1.54, 1.807) is 6.07 Å². The Morgan fingerprint density at radius 2 is 1.89 bits per heavy atom. The maximum atomic E-state index is 6.32. The Hall–Kier alpha value is 0.190. The molecule has 1 atom stereocenters. The first kappa shape index (κ1) is 15.6. The third kappa shape index (κ3) is 3.45. The topological polar surface area (TPSA) is 12.0 Å². The maximum Gasteiger partial charge on any atom is 0.0643 e. The Morgan fingerprint density at radius 3 is 2.58 bits per heavy atom. The second kappa shape index (κ2) is 6.76. The van der Waals surface area contributed by atoms with Crippen molar-refractivity contribution in [2.45, 2.75) is 6.04 Å². The highest BCUT2D eigenvalue weighted by atomic mass is 127. The van der Waals surface area contributed by atoms with Gasteiger partial charge in [-0.05, 0) is 65.0 Å². The number of benzene rings is 2. The van der Waals surface area contributed by atoms with Crippen molar-refractivity contribution in [2.24, 2.45) is 0 Å². The van der Waals surface area contributed by atoms with Crippen molar-refractivity contribution in [3.8, 4) is 0 Å². The van der Waals surface area contributed by atoms with E-state index in [1.807, 2.05) is 25.2 Å². The highest BCUT2D eigenvalue weighted by Crippen LogP contribution is 2.36. The number of rotatable bonds is 3. The van der Waals surface area contributed by atoms with E-state index in [9.17, 15) is 0 Å². The molecule has 19 heavy (non-hydrogen) atoms. The fourth-order valence-corrected chi connectivity index (χ4v) is 3.37. The van der Waals surface area contributed by atoms with Gasteiger partial charge in [0.2, 0.25) is 0 Å². The Labute approximate surface area is 145 Å². The largest absolute Gasteiger partial charge is 0.309 e. The summed E-state index contributed by atoms with van der Waals surface area (Å²) in [5.74, 6) is 0. The summed E-state index contributed by atoms with van der Waals surface area (Å²) in [4.78, 5) is 0. The van der Waals surface area contributed by atoms with Crippen molar-refractivity contribution >= 4 is 61.7 Å². The third-order valence-electron chi connectivity index (χ3n) is 2.85. The molecule has 0 saturated heterocycles. The molecule has 2 rings (SSSR count). The fourth-order valence-electron chi connectivity index (χ4n) is 1.96. The lowest BCUT2D eigenvalue weighted by molar-refractivity contribution is 0.689. The minimum absolute atomic E-state index is 0.00436. The number of hydrogen-bond acceptors (Lipinski definition) is 1. The van der Waals surface area contributed by atoms with Gasteiger partial charge < -0.3 is 5.32 Å². The average Bonchev–Trinajstić information content (AvgIpc) is 2.39. The van der Waals surface area contributed by atoms with E-state index in [-0.39, 0.29) is 6.04 Å². The van der Waals surface area contributed by atoms with E-state index < -0.39 is 0 Å². The monoisotopic (exact) mass is 469 g/mol. The summed E-state index contributed by atoms with van der Waals surface area (Å²) in [5.41, 5.74) is 2.11. The molecule has 0 saturated carbocycles. The van der Waals surface area contributed by atoms with E-state index in [1.165, 1.54) is 3.57 Å². The molecule has 5 heteroatoms. The first-order valence-electron chi connectivity index (χ1n) is 5.60. The Morgan fingerprint density at radius 1 is 1.16 bits per heavy atom. The van der Waals surface area contributed by atoms with Gasteiger partial charge in [-0.25, -0.2) is 0 Å². The normalized spacial score (nSPS) is 12.5. The SMILES string of the molecule is CNC(c1cc(I)ccc1Br)c1cccc(Cl)c1Cl. The van der Waals surface area contributed by atoms with Crippen LogP contribution in [0.15, 0.2) is 40.9 Å². The first-order valence-corrected chi connectivity index (χ1v) is 8.23. The van der Waals surface area contributed by atoms with Crippen molar-refractivity contribution in [1.82, 2.24) is 5.32 Å². The van der Waals surface area contributed by atoms with Crippen LogP contribution in [0.2, 0.25) is 10.0 Å². The van der Waals surface area contributed by atoms with E-state index in [4.69, 9.17) is 23.2 Å². The molecule has 0 aliphatic carbocycles. The molecule has 2 aromatic rings. The Kier molecular flexibility index (Phi) is 5.55. The summed E-state index contributed by atoms with van der Waals surface area (Å²) in [6.07, 6.45) is 0. The predicted octanol–water partition coefficient (Wildman–Crippen LogP) is 5.67. The van der Waals surface area contributed by atoms with Crippen LogP contribution in [-0.2, 0) is 0 Å². The lowest BCUT2D eigenvalue weighted by Crippen LogP contribution is -2.18. The van der Waals surface area contributed by atoms with Gasteiger partial charge in [0.1, 0.15) is 0 Å². The standard InChI is InChI=1S/C14H11BrCl2IN/c1-19-14(9-3-2-4-12(16)13(9)17)10-7-8(18)5-6-11(10)15/h2-7,14,19H,1H3. The average molecular weight is 471 g/mol. The first-order chi connectivity index (χ1) is 9.04. The van der Waals surface area contributed by atoms with Crippen molar-refractivity contribution in [1.29, 1.82) is 0 Å². The van der Waals surface area contributed by atoms with Crippen molar-refractivity contribution in [3.05, 3.63) is 65.6 Å². The molecular weight excluding hydrogens is 460 g/mol. The van der Waals surface area contributed by atoms with E-state index in [0.29, 0.717) is 10.0 Å². The summed E-state index contributed by atoms with van der Waals surface area (Å²) in [6.45, 7) is 0. The summed E-state index contributed by atoms with van der Waals surface area (Å²) in [5, 5.41) is 4.46. The van der Waals surface area contributed by atoms with Crippen LogP contribution in [0.4, 0.5) is 0 Å². The van der Waals surface area contributed by atoms with Gasteiger partial charge in [-0.15, -0.1) is 0 Å². The fraction of sp³-hybridized carbons (Fsp3) is 0.143. The molecule has 0 spiro atoms. The summed E-state index contributed by atoms with van der Waals surface area (Å²) < 4.78 is 2.22. The zero-order chi connectivity index (χ0) is 14.0. The molecule has 0 amide bonds. The molecular formula is C14H11BrCl2IN. The van der Waals surface area contributed by atoms with Gasteiger partial charge in [0.15, 0.2) is 0 Å². The predicted molar refractivity (Wildman–Crippen MR) is 94.2 cm³/mol. The molecule has 0 aromatic heterocycles. The molecule has 1 unspecified atom stereocenters. The lowest BCUT2D eigenvalue weighted by atomic mass is 9.99. The maximum absolute atomic E-state index is 6.32. The van der Waals surface area contributed by atoms with Gasteiger partial charge in [-0.2, -0.15) is 0 Å². The molecule has 1 nitrogen and oxygen atoms in total. The van der Waals surface area contributed by atoms with Gasteiger partial charge in [-0.3, -0.25) is 0 Å². The molecule has 100 valence electrons. The van der Waals surface area contributed by atoms with Gasteiger partial charge in [0, 0.05) is 8.04 Å². The second-order valence-electron chi connectivity index (χ2n) is 4.03. The minimum atomic E-state index is -0.00436. The van der Waals surface area contributed by atoms with E-state index >= 15 is 0 Å². The van der Waals surface area contributed by atoms with Crippen LogP contribution in [0, 0.1) is 3.57 Å². The summed E-state index contributed by atoms with van der Waals surface area (Å²) in [7, 11) is 1.91.